The average Bonchev–Trinajstić information content (AvgIpc) is 2.39. The second-order valence-corrected chi connectivity index (χ2v) is 5.15. The van der Waals surface area contributed by atoms with Crippen molar-refractivity contribution in [2.75, 3.05) is 40.8 Å². The molecule has 2 atom stereocenters. The molecule has 1 rings (SSSR count). The molecule has 0 saturated carbocycles. The molecule has 2 unspecified atom stereocenters. The smallest absolute Gasteiger partial charge is 0.0186 e. The molecule has 0 aromatic rings. The summed E-state index contributed by atoms with van der Waals surface area (Å²) in [6, 6.07) is 1.36. The molecule has 0 aromatic heterocycles. The van der Waals surface area contributed by atoms with Gasteiger partial charge >= 0.3 is 0 Å². The maximum atomic E-state index is 3.69. The van der Waals surface area contributed by atoms with E-state index in [-0.39, 0.29) is 0 Å². The summed E-state index contributed by atoms with van der Waals surface area (Å²) >= 11 is 0. The quantitative estimate of drug-likeness (QED) is 0.752. The molecule has 15 heavy (non-hydrogen) atoms. The first kappa shape index (κ1) is 12.9. The SMILES string of the molecule is CC(CNC1CCCN(C)CC1)N(C)C. The van der Waals surface area contributed by atoms with Crippen molar-refractivity contribution >= 4 is 0 Å². The molecule has 3 nitrogen and oxygen atoms in total. The minimum absolute atomic E-state index is 0.631. The van der Waals surface area contributed by atoms with Crippen LogP contribution in [-0.4, -0.2) is 62.7 Å². The summed E-state index contributed by atoms with van der Waals surface area (Å²) in [7, 11) is 6.52. The van der Waals surface area contributed by atoms with E-state index in [1.165, 1.54) is 32.4 Å². The summed E-state index contributed by atoms with van der Waals surface area (Å²) in [5.74, 6) is 0. The first-order valence-corrected chi connectivity index (χ1v) is 6.18. The third-order valence-electron chi connectivity index (χ3n) is 3.54. The van der Waals surface area contributed by atoms with Crippen LogP contribution in [0.25, 0.3) is 0 Å². The molecular weight excluding hydrogens is 186 g/mol. The lowest BCUT2D eigenvalue weighted by atomic mass is 10.1. The van der Waals surface area contributed by atoms with E-state index in [2.05, 4.69) is 43.2 Å². The Hall–Kier alpha value is -0.120. The zero-order chi connectivity index (χ0) is 11.3. The lowest BCUT2D eigenvalue weighted by Crippen LogP contribution is -2.40. The van der Waals surface area contributed by atoms with Gasteiger partial charge in [-0.2, -0.15) is 0 Å². The molecule has 1 saturated heterocycles. The molecule has 0 radical (unpaired) electrons. The fourth-order valence-electron chi connectivity index (χ4n) is 1.96. The highest BCUT2D eigenvalue weighted by Crippen LogP contribution is 2.09. The fourth-order valence-corrected chi connectivity index (χ4v) is 1.96. The van der Waals surface area contributed by atoms with Crippen LogP contribution < -0.4 is 5.32 Å². The lowest BCUT2D eigenvalue weighted by molar-refractivity contribution is 0.286. The van der Waals surface area contributed by atoms with Gasteiger partial charge in [-0.25, -0.2) is 0 Å². The van der Waals surface area contributed by atoms with Crippen LogP contribution in [0.4, 0.5) is 0 Å². The molecule has 3 heteroatoms. The molecule has 1 aliphatic heterocycles. The molecule has 0 amide bonds. The van der Waals surface area contributed by atoms with E-state index in [1.807, 2.05) is 0 Å². The zero-order valence-electron chi connectivity index (χ0n) is 10.8. The van der Waals surface area contributed by atoms with Gasteiger partial charge in [-0.1, -0.05) is 0 Å². The van der Waals surface area contributed by atoms with Crippen molar-refractivity contribution in [2.45, 2.75) is 38.3 Å². The van der Waals surface area contributed by atoms with Crippen LogP contribution in [-0.2, 0) is 0 Å². The van der Waals surface area contributed by atoms with Gasteiger partial charge in [0.05, 0.1) is 0 Å². The van der Waals surface area contributed by atoms with Gasteiger partial charge in [0.15, 0.2) is 0 Å². The average molecular weight is 213 g/mol. The normalized spacial score (nSPS) is 26.6. The van der Waals surface area contributed by atoms with E-state index in [4.69, 9.17) is 0 Å². The summed E-state index contributed by atoms with van der Waals surface area (Å²) in [6.45, 7) is 5.90. The highest BCUT2D eigenvalue weighted by atomic mass is 15.1. The molecule has 0 aliphatic carbocycles. The summed E-state index contributed by atoms with van der Waals surface area (Å²) in [4.78, 5) is 4.72. The van der Waals surface area contributed by atoms with Crippen molar-refractivity contribution in [3.8, 4) is 0 Å². The van der Waals surface area contributed by atoms with Crippen molar-refractivity contribution in [1.29, 1.82) is 0 Å². The Morgan fingerprint density at radius 1 is 1.33 bits per heavy atom. The van der Waals surface area contributed by atoms with Crippen LogP contribution in [0, 0.1) is 0 Å². The summed E-state index contributed by atoms with van der Waals surface area (Å²) in [5, 5.41) is 3.69. The largest absolute Gasteiger partial charge is 0.312 e. The van der Waals surface area contributed by atoms with Crippen LogP contribution >= 0.6 is 0 Å². The van der Waals surface area contributed by atoms with Gasteiger partial charge < -0.3 is 15.1 Å². The van der Waals surface area contributed by atoms with E-state index in [9.17, 15) is 0 Å². The molecular formula is C12H27N3. The third kappa shape index (κ3) is 4.96. The lowest BCUT2D eigenvalue weighted by Gasteiger charge is -2.24. The Labute approximate surface area is 94.8 Å². The standard InChI is InChI=1S/C12H27N3/c1-11(14(2)3)10-13-12-6-5-8-15(4)9-7-12/h11-13H,5-10H2,1-4H3. The van der Waals surface area contributed by atoms with Crippen molar-refractivity contribution in [1.82, 2.24) is 15.1 Å². The Bertz CT molecular complexity index is 170. The van der Waals surface area contributed by atoms with Gasteiger partial charge in [-0.05, 0) is 60.4 Å². The first-order chi connectivity index (χ1) is 7.09. The zero-order valence-corrected chi connectivity index (χ0v) is 10.8. The number of likely N-dealkylation sites (tertiary alicyclic amines) is 1. The van der Waals surface area contributed by atoms with Crippen molar-refractivity contribution in [3.63, 3.8) is 0 Å². The van der Waals surface area contributed by atoms with E-state index in [1.54, 1.807) is 0 Å². The van der Waals surface area contributed by atoms with Gasteiger partial charge in [0.25, 0.3) is 0 Å². The van der Waals surface area contributed by atoms with Crippen LogP contribution in [0.3, 0.4) is 0 Å². The number of nitrogens with zero attached hydrogens (tertiary/aromatic N) is 2. The van der Waals surface area contributed by atoms with E-state index >= 15 is 0 Å². The van der Waals surface area contributed by atoms with Crippen molar-refractivity contribution < 1.29 is 0 Å². The molecule has 0 spiro atoms. The minimum Gasteiger partial charge on any atom is -0.312 e. The number of hydrogen-bond donors (Lipinski definition) is 1. The molecule has 1 aliphatic rings. The summed E-state index contributed by atoms with van der Waals surface area (Å²) < 4.78 is 0. The topological polar surface area (TPSA) is 18.5 Å². The van der Waals surface area contributed by atoms with Crippen LogP contribution in [0.1, 0.15) is 26.2 Å². The second-order valence-electron chi connectivity index (χ2n) is 5.15. The van der Waals surface area contributed by atoms with Gasteiger partial charge in [0.1, 0.15) is 0 Å². The van der Waals surface area contributed by atoms with Crippen molar-refractivity contribution in [2.24, 2.45) is 0 Å². The fraction of sp³-hybridized carbons (Fsp3) is 1.00. The summed E-state index contributed by atoms with van der Waals surface area (Å²) in [5.41, 5.74) is 0. The van der Waals surface area contributed by atoms with Gasteiger partial charge in [0.2, 0.25) is 0 Å². The number of nitrogens with one attached hydrogen (secondary N) is 1. The highest BCUT2D eigenvalue weighted by molar-refractivity contribution is 4.75. The third-order valence-corrected chi connectivity index (χ3v) is 3.54. The minimum atomic E-state index is 0.631. The first-order valence-electron chi connectivity index (χ1n) is 6.18. The maximum absolute atomic E-state index is 3.69. The molecule has 0 bridgehead atoms. The molecule has 90 valence electrons. The number of likely N-dealkylation sites (N-methyl/N-ethyl adjacent to an activating group) is 1. The Kier molecular flexibility index (Phi) is 5.58. The molecule has 0 aromatic carbocycles. The van der Waals surface area contributed by atoms with E-state index in [0.29, 0.717) is 6.04 Å². The van der Waals surface area contributed by atoms with Crippen LogP contribution in [0.2, 0.25) is 0 Å². The van der Waals surface area contributed by atoms with Crippen molar-refractivity contribution in [3.05, 3.63) is 0 Å². The molecule has 1 heterocycles. The number of hydrogen-bond acceptors (Lipinski definition) is 3. The van der Waals surface area contributed by atoms with Crippen LogP contribution in [0.15, 0.2) is 0 Å². The summed E-state index contributed by atoms with van der Waals surface area (Å²) in [6.07, 6.45) is 3.98. The van der Waals surface area contributed by atoms with Gasteiger partial charge in [-0.3, -0.25) is 0 Å². The van der Waals surface area contributed by atoms with Gasteiger partial charge in [0, 0.05) is 18.6 Å². The molecule has 1 N–H and O–H groups in total. The second kappa shape index (κ2) is 6.46. The predicted molar refractivity (Wildman–Crippen MR) is 66.3 cm³/mol. The Morgan fingerprint density at radius 3 is 2.73 bits per heavy atom. The Morgan fingerprint density at radius 2 is 2.07 bits per heavy atom. The predicted octanol–water partition coefficient (Wildman–Crippen LogP) is 1.01. The van der Waals surface area contributed by atoms with E-state index in [0.717, 1.165) is 12.6 Å². The monoisotopic (exact) mass is 213 g/mol. The highest BCUT2D eigenvalue weighted by Gasteiger charge is 2.15. The Balaban J connectivity index is 2.20. The van der Waals surface area contributed by atoms with Crippen LogP contribution in [0.5, 0.6) is 0 Å². The molecule has 1 fully saturated rings. The van der Waals surface area contributed by atoms with Gasteiger partial charge in [-0.15, -0.1) is 0 Å². The number of rotatable bonds is 4. The van der Waals surface area contributed by atoms with E-state index < -0.39 is 0 Å². The maximum Gasteiger partial charge on any atom is 0.0186 e.